The maximum atomic E-state index is 5.73. The highest BCUT2D eigenvalue weighted by atomic mass is 32.1. The first-order valence-electron chi connectivity index (χ1n) is 7.05. The number of rotatable bonds is 4. The molecular weight excluding hydrogens is 272 g/mol. The highest BCUT2D eigenvalue weighted by Gasteiger charge is 2.22. The van der Waals surface area contributed by atoms with Gasteiger partial charge in [0.1, 0.15) is 12.1 Å². The molecule has 20 heavy (non-hydrogen) atoms. The van der Waals surface area contributed by atoms with Crippen LogP contribution in [0.15, 0.2) is 11.7 Å². The summed E-state index contributed by atoms with van der Waals surface area (Å²) in [4.78, 5) is 11.2. The summed E-state index contributed by atoms with van der Waals surface area (Å²) in [5, 5.41) is 2.15. The molecule has 0 aromatic carbocycles. The minimum atomic E-state index is 0.345. The monoisotopic (exact) mass is 292 g/mol. The predicted molar refractivity (Wildman–Crippen MR) is 82.4 cm³/mol. The Kier molecular flexibility index (Phi) is 4.14. The van der Waals surface area contributed by atoms with Crippen molar-refractivity contribution in [3.05, 3.63) is 17.3 Å². The van der Waals surface area contributed by atoms with E-state index in [0.717, 1.165) is 37.3 Å². The van der Waals surface area contributed by atoms with Crippen molar-refractivity contribution in [1.82, 2.24) is 9.97 Å². The van der Waals surface area contributed by atoms with Gasteiger partial charge in [-0.2, -0.15) is 0 Å². The normalized spacial score (nSPS) is 17.0. The molecule has 2 N–H and O–H groups in total. The van der Waals surface area contributed by atoms with Gasteiger partial charge in [-0.1, -0.05) is 0 Å². The number of nitrogens with zero attached hydrogens (tertiary/aromatic N) is 3. The largest absolute Gasteiger partial charge is 0.377 e. The van der Waals surface area contributed by atoms with Crippen LogP contribution in [0.5, 0.6) is 0 Å². The quantitative estimate of drug-likeness (QED) is 0.933. The first-order chi connectivity index (χ1) is 9.79. The summed E-state index contributed by atoms with van der Waals surface area (Å²) in [6, 6.07) is 0. The van der Waals surface area contributed by atoms with Crippen LogP contribution in [0.4, 0.5) is 5.82 Å². The van der Waals surface area contributed by atoms with Crippen molar-refractivity contribution in [2.24, 2.45) is 5.73 Å². The topological polar surface area (TPSA) is 64.3 Å². The highest BCUT2D eigenvalue weighted by molar-refractivity contribution is 7.18. The molecule has 1 fully saturated rings. The summed E-state index contributed by atoms with van der Waals surface area (Å²) < 4.78 is 6.93. The Morgan fingerprint density at radius 2 is 2.20 bits per heavy atom. The molecule has 0 radical (unpaired) electrons. The first kappa shape index (κ1) is 13.7. The average Bonchev–Trinajstić information content (AvgIpc) is 2.87. The second-order valence-corrected chi connectivity index (χ2v) is 6.02. The molecule has 0 bridgehead atoms. The van der Waals surface area contributed by atoms with E-state index in [1.54, 1.807) is 17.7 Å². The van der Waals surface area contributed by atoms with Crippen molar-refractivity contribution in [3.8, 4) is 0 Å². The molecule has 1 aliphatic heterocycles. The standard InChI is InChI=1S/C14H20N4OS/c1-10-8-20-13-12(10)16-9-17-14(13)18-5-2-11(3-6-18)19-7-4-15/h8-9,11H,2-7,15H2,1H3. The molecule has 0 amide bonds. The van der Waals surface area contributed by atoms with Crippen LogP contribution in [-0.2, 0) is 4.74 Å². The van der Waals surface area contributed by atoms with E-state index in [1.165, 1.54) is 10.3 Å². The van der Waals surface area contributed by atoms with E-state index in [1.807, 2.05) is 0 Å². The lowest BCUT2D eigenvalue weighted by atomic mass is 10.1. The fraction of sp³-hybridized carbons (Fsp3) is 0.571. The van der Waals surface area contributed by atoms with Gasteiger partial charge in [-0.3, -0.25) is 0 Å². The van der Waals surface area contributed by atoms with E-state index < -0.39 is 0 Å². The molecular formula is C14H20N4OS. The fourth-order valence-corrected chi connectivity index (χ4v) is 3.67. The van der Waals surface area contributed by atoms with Gasteiger partial charge in [0.25, 0.3) is 0 Å². The molecule has 5 nitrogen and oxygen atoms in total. The SMILES string of the molecule is Cc1csc2c(N3CCC(OCCN)CC3)ncnc12. The van der Waals surface area contributed by atoms with Crippen LogP contribution < -0.4 is 10.6 Å². The van der Waals surface area contributed by atoms with Gasteiger partial charge in [-0.05, 0) is 30.7 Å². The molecule has 0 atom stereocenters. The Labute approximate surface area is 122 Å². The molecule has 2 aromatic heterocycles. The minimum Gasteiger partial charge on any atom is -0.377 e. The molecule has 1 aliphatic rings. The van der Waals surface area contributed by atoms with Crippen LogP contribution in [0, 0.1) is 6.92 Å². The number of aryl methyl sites for hydroxylation is 1. The highest BCUT2D eigenvalue weighted by Crippen LogP contribution is 2.32. The lowest BCUT2D eigenvalue weighted by molar-refractivity contribution is 0.0421. The second kappa shape index (κ2) is 6.03. The van der Waals surface area contributed by atoms with Crippen LogP contribution >= 0.6 is 11.3 Å². The van der Waals surface area contributed by atoms with Crippen molar-refractivity contribution >= 4 is 27.4 Å². The third-order valence-electron chi connectivity index (χ3n) is 3.73. The molecule has 3 heterocycles. The molecule has 2 aromatic rings. The summed E-state index contributed by atoms with van der Waals surface area (Å²) in [6.07, 6.45) is 4.09. The number of hydrogen-bond donors (Lipinski definition) is 1. The van der Waals surface area contributed by atoms with E-state index in [2.05, 4.69) is 27.2 Å². The third kappa shape index (κ3) is 2.63. The van der Waals surface area contributed by atoms with Gasteiger partial charge in [0.2, 0.25) is 0 Å². The molecule has 1 saturated heterocycles. The maximum Gasteiger partial charge on any atom is 0.150 e. The summed E-state index contributed by atoms with van der Waals surface area (Å²) in [5.74, 6) is 1.07. The number of fused-ring (bicyclic) bond motifs is 1. The van der Waals surface area contributed by atoms with Crippen LogP contribution in [0.2, 0.25) is 0 Å². The lowest BCUT2D eigenvalue weighted by Gasteiger charge is -2.32. The van der Waals surface area contributed by atoms with E-state index in [4.69, 9.17) is 10.5 Å². The molecule has 0 spiro atoms. The molecule has 0 saturated carbocycles. The van der Waals surface area contributed by atoms with Crippen molar-refractivity contribution in [3.63, 3.8) is 0 Å². The Bertz CT molecular complexity index is 578. The van der Waals surface area contributed by atoms with Gasteiger partial charge in [-0.25, -0.2) is 9.97 Å². The number of hydrogen-bond acceptors (Lipinski definition) is 6. The van der Waals surface area contributed by atoms with Gasteiger partial charge in [0.15, 0.2) is 0 Å². The maximum absolute atomic E-state index is 5.73. The Hall–Kier alpha value is -1.24. The van der Waals surface area contributed by atoms with Gasteiger partial charge in [-0.15, -0.1) is 11.3 Å². The summed E-state index contributed by atoms with van der Waals surface area (Å²) >= 11 is 1.73. The van der Waals surface area contributed by atoms with Crippen molar-refractivity contribution in [1.29, 1.82) is 0 Å². The summed E-state index contributed by atoms with van der Waals surface area (Å²) in [7, 11) is 0. The number of piperidine rings is 1. The lowest BCUT2D eigenvalue weighted by Crippen LogP contribution is -2.38. The Morgan fingerprint density at radius 3 is 2.95 bits per heavy atom. The number of ether oxygens (including phenoxy) is 1. The number of aromatic nitrogens is 2. The van der Waals surface area contributed by atoms with E-state index in [-0.39, 0.29) is 0 Å². The second-order valence-electron chi connectivity index (χ2n) is 5.14. The number of nitrogens with two attached hydrogens (primary N) is 1. The minimum absolute atomic E-state index is 0.345. The molecule has 0 unspecified atom stereocenters. The van der Waals surface area contributed by atoms with Gasteiger partial charge >= 0.3 is 0 Å². The van der Waals surface area contributed by atoms with Crippen LogP contribution in [-0.4, -0.2) is 42.3 Å². The molecule has 6 heteroatoms. The Balaban J connectivity index is 1.73. The van der Waals surface area contributed by atoms with Crippen molar-refractivity contribution in [2.45, 2.75) is 25.9 Å². The number of anilines is 1. The van der Waals surface area contributed by atoms with Gasteiger partial charge in [0.05, 0.1) is 22.9 Å². The predicted octanol–water partition coefficient (Wildman–Crippen LogP) is 1.94. The molecule has 3 rings (SSSR count). The third-order valence-corrected chi connectivity index (χ3v) is 4.81. The van der Waals surface area contributed by atoms with Crippen molar-refractivity contribution in [2.75, 3.05) is 31.1 Å². The molecule has 108 valence electrons. The fourth-order valence-electron chi connectivity index (χ4n) is 2.65. The Morgan fingerprint density at radius 1 is 1.40 bits per heavy atom. The zero-order valence-corrected chi connectivity index (χ0v) is 12.5. The molecule has 0 aliphatic carbocycles. The van der Waals surface area contributed by atoms with Crippen LogP contribution in [0.3, 0.4) is 0 Å². The average molecular weight is 292 g/mol. The zero-order valence-electron chi connectivity index (χ0n) is 11.7. The van der Waals surface area contributed by atoms with Crippen molar-refractivity contribution < 1.29 is 4.74 Å². The van der Waals surface area contributed by atoms with E-state index in [9.17, 15) is 0 Å². The van der Waals surface area contributed by atoms with Crippen LogP contribution in [0.25, 0.3) is 10.2 Å². The first-order valence-corrected chi connectivity index (χ1v) is 7.93. The smallest absolute Gasteiger partial charge is 0.150 e. The summed E-state index contributed by atoms with van der Waals surface area (Å²) in [5.41, 5.74) is 7.79. The number of thiophene rings is 1. The van der Waals surface area contributed by atoms with E-state index in [0.29, 0.717) is 19.3 Å². The van der Waals surface area contributed by atoms with Crippen LogP contribution in [0.1, 0.15) is 18.4 Å². The van der Waals surface area contributed by atoms with Gasteiger partial charge < -0.3 is 15.4 Å². The van der Waals surface area contributed by atoms with E-state index >= 15 is 0 Å². The summed E-state index contributed by atoms with van der Waals surface area (Å²) in [6.45, 7) is 5.33. The zero-order chi connectivity index (χ0) is 13.9. The van der Waals surface area contributed by atoms with Gasteiger partial charge in [0, 0.05) is 19.6 Å².